The first-order valence-electron chi connectivity index (χ1n) is 9.01. The topological polar surface area (TPSA) is 28.2 Å². The molecular formula is C21H26ClN3. The number of hydrogen-bond acceptors (Lipinski definition) is 3. The van der Waals surface area contributed by atoms with Crippen LogP contribution in [0.15, 0.2) is 43.1 Å². The monoisotopic (exact) mass is 355 g/mol. The normalized spacial score (nSPS) is 14.6. The Hall–Kier alpha value is -2.00. The van der Waals surface area contributed by atoms with E-state index < -0.39 is 0 Å². The van der Waals surface area contributed by atoms with Crippen molar-refractivity contribution in [3.05, 3.63) is 59.3 Å². The third-order valence-corrected chi connectivity index (χ3v) is 4.94. The van der Waals surface area contributed by atoms with Gasteiger partial charge in [-0.2, -0.15) is 0 Å². The zero-order valence-corrected chi connectivity index (χ0v) is 15.8. The Kier molecular flexibility index (Phi) is 5.64. The molecule has 0 spiro atoms. The van der Waals surface area contributed by atoms with Crippen LogP contribution in [0.25, 0.3) is 5.70 Å². The largest absolute Gasteiger partial charge is 0.371 e. The number of rotatable bonds is 5. The average molecular weight is 356 g/mol. The van der Waals surface area contributed by atoms with Gasteiger partial charge in [0.2, 0.25) is 0 Å². The summed E-state index contributed by atoms with van der Waals surface area (Å²) in [5.74, 6) is 1.24. The van der Waals surface area contributed by atoms with Crippen LogP contribution in [0.3, 0.4) is 0 Å². The molecule has 4 heteroatoms. The molecule has 1 aliphatic rings. The van der Waals surface area contributed by atoms with Crippen LogP contribution in [-0.4, -0.2) is 23.0 Å². The quantitative estimate of drug-likeness (QED) is 0.706. The molecule has 2 aromatic rings. The van der Waals surface area contributed by atoms with Gasteiger partial charge < -0.3 is 10.2 Å². The summed E-state index contributed by atoms with van der Waals surface area (Å²) in [5.41, 5.74) is 4.48. The Bertz CT molecular complexity index is 749. The molecule has 1 aromatic carbocycles. The predicted molar refractivity (Wildman–Crippen MR) is 108 cm³/mol. The SMILES string of the molecule is C=C(c1cnc(Nc2cccc(Cl)c2)cc1C(C)C)N1CCCCC1. The van der Waals surface area contributed by atoms with E-state index in [9.17, 15) is 0 Å². The molecule has 1 aliphatic heterocycles. The van der Waals surface area contributed by atoms with Gasteiger partial charge in [0.15, 0.2) is 0 Å². The summed E-state index contributed by atoms with van der Waals surface area (Å²) in [6.07, 6.45) is 5.77. The van der Waals surface area contributed by atoms with Crippen LogP contribution in [0.4, 0.5) is 11.5 Å². The Balaban J connectivity index is 1.86. The number of likely N-dealkylation sites (tertiary alicyclic amines) is 1. The maximum absolute atomic E-state index is 6.07. The van der Waals surface area contributed by atoms with Crippen LogP contribution in [-0.2, 0) is 0 Å². The highest BCUT2D eigenvalue weighted by Crippen LogP contribution is 2.31. The standard InChI is InChI=1S/C21H26ClN3/c1-15(2)19-13-21(24-18-9-7-8-17(22)12-18)23-14-20(19)16(3)25-10-5-4-6-11-25/h7-9,12-15H,3-6,10-11H2,1-2H3,(H,23,24). The molecule has 1 N–H and O–H groups in total. The van der Waals surface area contributed by atoms with E-state index in [0.717, 1.165) is 35.9 Å². The van der Waals surface area contributed by atoms with E-state index in [1.165, 1.54) is 24.8 Å². The van der Waals surface area contributed by atoms with Gasteiger partial charge in [-0.3, -0.25) is 0 Å². The van der Waals surface area contributed by atoms with E-state index in [1.807, 2.05) is 30.5 Å². The van der Waals surface area contributed by atoms with Gasteiger partial charge in [0.25, 0.3) is 0 Å². The minimum Gasteiger partial charge on any atom is -0.371 e. The van der Waals surface area contributed by atoms with E-state index in [1.54, 1.807) is 0 Å². The number of benzene rings is 1. The van der Waals surface area contributed by atoms with Crippen molar-refractivity contribution in [3.63, 3.8) is 0 Å². The molecule has 0 radical (unpaired) electrons. The van der Waals surface area contributed by atoms with Crippen molar-refractivity contribution in [2.24, 2.45) is 0 Å². The van der Waals surface area contributed by atoms with Gasteiger partial charge in [-0.25, -0.2) is 4.98 Å². The van der Waals surface area contributed by atoms with E-state index in [0.29, 0.717) is 10.9 Å². The summed E-state index contributed by atoms with van der Waals surface area (Å²) in [7, 11) is 0. The molecule has 3 rings (SSSR count). The summed E-state index contributed by atoms with van der Waals surface area (Å²) < 4.78 is 0. The van der Waals surface area contributed by atoms with Crippen molar-refractivity contribution in [2.75, 3.05) is 18.4 Å². The lowest BCUT2D eigenvalue weighted by Crippen LogP contribution is -2.28. The molecule has 1 fully saturated rings. The second-order valence-corrected chi connectivity index (χ2v) is 7.38. The molecule has 0 bridgehead atoms. The zero-order valence-electron chi connectivity index (χ0n) is 15.1. The zero-order chi connectivity index (χ0) is 17.8. The van der Waals surface area contributed by atoms with E-state index in [-0.39, 0.29) is 0 Å². The first-order chi connectivity index (χ1) is 12.0. The molecule has 0 aliphatic carbocycles. The molecule has 0 amide bonds. The molecule has 1 aromatic heterocycles. The number of nitrogens with one attached hydrogen (secondary N) is 1. The van der Waals surface area contributed by atoms with E-state index >= 15 is 0 Å². The van der Waals surface area contributed by atoms with E-state index in [2.05, 4.69) is 41.7 Å². The Morgan fingerprint density at radius 3 is 2.64 bits per heavy atom. The Labute approximate surface area is 155 Å². The van der Waals surface area contributed by atoms with Gasteiger partial charge in [-0.05, 0) is 55.0 Å². The highest BCUT2D eigenvalue weighted by molar-refractivity contribution is 6.30. The number of hydrogen-bond donors (Lipinski definition) is 1. The summed E-state index contributed by atoms with van der Waals surface area (Å²) in [6.45, 7) is 11.0. The van der Waals surface area contributed by atoms with Gasteiger partial charge in [0.05, 0.1) is 0 Å². The fraction of sp³-hybridized carbons (Fsp3) is 0.381. The molecule has 2 heterocycles. The molecule has 0 saturated carbocycles. The van der Waals surface area contributed by atoms with Gasteiger partial charge in [-0.15, -0.1) is 0 Å². The number of halogens is 1. The van der Waals surface area contributed by atoms with Crippen LogP contribution >= 0.6 is 11.6 Å². The Morgan fingerprint density at radius 2 is 1.96 bits per heavy atom. The second-order valence-electron chi connectivity index (χ2n) is 6.94. The number of piperidine rings is 1. The van der Waals surface area contributed by atoms with Crippen molar-refractivity contribution in [1.29, 1.82) is 0 Å². The summed E-state index contributed by atoms with van der Waals surface area (Å²) >= 11 is 6.07. The molecule has 1 saturated heterocycles. The average Bonchev–Trinajstić information content (AvgIpc) is 2.62. The first-order valence-corrected chi connectivity index (χ1v) is 9.39. The number of nitrogens with zero attached hydrogens (tertiary/aromatic N) is 2. The van der Waals surface area contributed by atoms with Crippen molar-refractivity contribution >= 4 is 28.8 Å². The summed E-state index contributed by atoms with van der Waals surface area (Å²) in [5, 5.41) is 4.06. The van der Waals surface area contributed by atoms with Crippen molar-refractivity contribution in [3.8, 4) is 0 Å². The van der Waals surface area contributed by atoms with Crippen LogP contribution in [0.2, 0.25) is 5.02 Å². The third-order valence-electron chi connectivity index (χ3n) is 4.70. The van der Waals surface area contributed by atoms with Crippen LogP contribution < -0.4 is 5.32 Å². The maximum atomic E-state index is 6.07. The van der Waals surface area contributed by atoms with Crippen LogP contribution in [0.1, 0.15) is 50.2 Å². The highest BCUT2D eigenvalue weighted by Gasteiger charge is 2.18. The minimum atomic E-state index is 0.402. The van der Waals surface area contributed by atoms with Gasteiger partial charge in [0, 0.05) is 41.3 Å². The lowest BCUT2D eigenvalue weighted by atomic mass is 9.96. The fourth-order valence-corrected chi connectivity index (χ4v) is 3.50. The fourth-order valence-electron chi connectivity index (χ4n) is 3.31. The molecular weight excluding hydrogens is 330 g/mol. The number of aromatic nitrogens is 1. The smallest absolute Gasteiger partial charge is 0.130 e. The second kappa shape index (κ2) is 7.92. The Morgan fingerprint density at radius 1 is 1.20 bits per heavy atom. The molecule has 3 nitrogen and oxygen atoms in total. The van der Waals surface area contributed by atoms with Crippen molar-refractivity contribution < 1.29 is 0 Å². The molecule has 0 atom stereocenters. The minimum absolute atomic E-state index is 0.402. The lowest BCUT2D eigenvalue weighted by Gasteiger charge is -2.31. The maximum Gasteiger partial charge on any atom is 0.130 e. The van der Waals surface area contributed by atoms with Gasteiger partial charge in [0.1, 0.15) is 5.82 Å². The molecule has 0 unspecified atom stereocenters. The summed E-state index contributed by atoms with van der Waals surface area (Å²) in [6, 6.07) is 9.82. The van der Waals surface area contributed by atoms with Crippen LogP contribution in [0, 0.1) is 0 Å². The lowest BCUT2D eigenvalue weighted by molar-refractivity contribution is 0.326. The van der Waals surface area contributed by atoms with Crippen molar-refractivity contribution in [1.82, 2.24) is 9.88 Å². The molecule has 25 heavy (non-hydrogen) atoms. The van der Waals surface area contributed by atoms with Gasteiger partial charge >= 0.3 is 0 Å². The van der Waals surface area contributed by atoms with Crippen LogP contribution in [0.5, 0.6) is 0 Å². The number of pyridine rings is 1. The molecule has 132 valence electrons. The highest BCUT2D eigenvalue weighted by atomic mass is 35.5. The first kappa shape index (κ1) is 17.8. The summed E-state index contributed by atoms with van der Waals surface area (Å²) in [4.78, 5) is 7.02. The third kappa shape index (κ3) is 4.35. The van der Waals surface area contributed by atoms with Crippen molar-refractivity contribution in [2.45, 2.75) is 39.0 Å². The van der Waals surface area contributed by atoms with E-state index in [4.69, 9.17) is 11.6 Å². The van der Waals surface area contributed by atoms with Gasteiger partial charge in [-0.1, -0.05) is 38.1 Å². The predicted octanol–water partition coefficient (Wildman–Crippen LogP) is 6.06. The number of anilines is 2.